The monoisotopic (exact) mass is 1070 g/mol. The van der Waals surface area contributed by atoms with Gasteiger partial charge in [-0.05, 0) is 72.2 Å². The van der Waals surface area contributed by atoms with Gasteiger partial charge in [0.25, 0.3) is 0 Å². The average molecular weight is 1070 g/mol. The third-order valence-electron chi connectivity index (χ3n) is 11.9. The van der Waals surface area contributed by atoms with Crippen LogP contribution in [0.5, 0.6) is 0 Å². The first-order chi connectivity index (χ1) is 29.2. The molecular weight excluding hydrogens is 1020 g/mol. The van der Waals surface area contributed by atoms with Crippen LogP contribution in [0.25, 0.3) is 43.8 Å². The van der Waals surface area contributed by atoms with Gasteiger partial charge in [0.15, 0.2) is 0 Å². The van der Waals surface area contributed by atoms with Crippen molar-refractivity contribution in [1.82, 2.24) is 0 Å². The molecule has 8 rings (SSSR count). The Morgan fingerprint density at radius 3 is 1.00 bits per heavy atom. The molecule has 0 unspecified atom stereocenters. The van der Waals surface area contributed by atoms with Crippen LogP contribution in [0.4, 0.5) is 52.7 Å². The van der Waals surface area contributed by atoms with Gasteiger partial charge in [0, 0.05) is 0 Å². The van der Waals surface area contributed by atoms with Crippen LogP contribution in [-0.4, -0.2) is 6.88 Å². The molecule has 0 aromatic heterocycles. The van der Waals surface area contributed by atoms with Crippen molar-refractivity contribution < 1.29 is 76.0 Å². The maximum absolute atomic E-state index is 13.3. The van der Waals surface area contributed by atoms with Crippen LogP contribution in [0.2, 0.25) is 0 Å². The van der Waals surface area contributed by atoms with E-state index in [1.165, 1.54) is 61.9 Å². The molecule has 0 nitrogen and oxygen atoms in total. The first kappa shape index (κ1) is 59.1. The SMILES string of the molecule is Cl.Cl.FC(F)(F)c1cc(-c2cccc3[cH-]c(CC4CCCCC4)cc23)cc(C(F)(F)F)c1.FC(F)(F)c1cc(-c2cccc3[cH-]c(CC4CCCCC4)cc23)cc(C(F)(F)F)c1.[CH3-].[CH3-].[Si]=[Zr]. The van der Waals surface area contributed by atoms with Gasteiger partial charge in [0.05, 0.1) is 22.3 Å². The number of hydrogen-bond acceptors (Lipinski definition) is 0. The number of alkyl halides is 12. The predicted octanol–water partition coefficient (Wildman–Crippen LogP) is 18.1. The Hall–Kier alpha value is -3.06. The fourth-order valence-electron chi connectivity index (χ4n) is 9.00. The minimum atomic E-state index is -4.86. The molecule has 2 aliphatic carbocycles. The summed E-state index contributed by atoms with van der Waals surface area (Å²) in [5, 5.41) is 3.06. The number of hydrogen-bond donors (Lipinski definition) is 0. The van der Waals surface area contributed by atoms with Crippen molar-refractivity contribution in [2.75, 3.05) is 0 Å². The number of halogens is 14. The van der Waals surface area contributed by atoms with Crippen LogP contribution in [-0.2, 0) is 60.9 Å². The molecule has 0 spiro atoms. The second kappa shape index (κ2) is 24.5. The first-order valence-corrected chi connectivity index (χ1v) is 24.6. The number of fused-ring (bicyclic) bond motifs is 2. The van der Waals surface area contributed by atoms with E-state index in [1.54, 1.807) is 24.3 Å². The molecule has 0 heterocycles. The zero-order chi connectivity index (χ0) is 45.0. The van der Waals surface area contributed by atoms with Gasteiger partial charge >= 0.3 is 54.9 Å². The van der Waals surface area contributed by atoms with E-state index < -0.39 is 47.0 Å². The molecule has 360 valence electrons. The zero-order valence-electron chi connectivity index (χ0n) is 36.2. The van der Waals surface area contributed by atoms with E-state index in [4.69, 9.17) is 0 Å². The predicted molar refractivity (Wildman–Crippen MR) is 244 cm³/mol. The van der Waals surface area contributed by atoms with E-state index in [0.29, 0.717) is 33.7 Å². The molecule has 66 heavy (non-hydrogen) atoms. The Morgan fingerprint density at radius 2 is 0.727 bits per heavy atom. The van der Waals surface area contributed by atoms with Gasteiger partial charge < -0.3 is 14.9 Å². The van der Waals surface area contributed by atoms with E-state index >= 15 is 0 Å². The van der Waals surface area contributed by atoms with Crippen LogP contribution >= 0.6 is 24.8 Å². The molecule has 0 bridgehead atoms. The van der Waals surface area contributed by atoms with Crippen molar-refractivity contribution >= 4 is 53.2 Å². The van der Waals surface area contributed by atoms with E-state index in [9.17, 15) is 52.7 Å². The van der Waals surface area contributed by atoms with E-state index in [2.05, 4.69) is 6.88 Å². The van der Waals surface area contributed by atoms with Crippen molar-refractivity contribution in [1.29, 1.82) is 0 Å². The summed E-state index contributed by atoms with van der Waals surface area (Å²) in [4.78, 5) is 0. The van der Waals surface area contributed by atoms with Crippen LogP contribution in [0.3, 0.4) is 0 Å². The normalized spacial score (nSPS) is 14.9. The van der Waals surface area contributed by atoms with Crippen LogP contribution in [0.1, 0.15) is 97.6 Å². The Labute approximate surface area is 408 Å². The van der Waals surface area contributed by atoms with Gasteiger partial charge in [0.2, 0.25) is 0 Å². The fourth-order valence-corrected chi connectivity index (χ4v) is 9.00. The van der Waals surface area contributed by atoms with Gasteiger partial charge in [-0.1, -0.05) is 87.5 Å². The van der Waals surface area contributed by atoms with Crippen LogP contribution in [0.15, 0.2) is 97.1 Å². The van der Waals surface area contributed by atoms with Crippen LogP contribution < -0.4 is 0 Å². The molecule has 6 aromatic carbocycles. The molecule has 6 aromatic rings. The summed E-state index contributed by atoms with van der Waals surface area (Å²) < 4.78 is 159. The molecule has 0 aliphatic heterocycles. The second-order valence-electron chi connectivity index (χ2n) is 16.3. The Bertz CT molecular complexity index is 2220. The topological polar surface area (TPSA) is 0 Å². The van der Waals surface area contributed by atoms with E-state index in [0.717, 1.165) is 84.7 Å². The van der Waals surface area contributed by atoms with E-state index in [-0.39, 0.29) is 62.9 Å². The quantitative estimate of drug-likeness (QED) is 0.0886. The van der Waals surface area contributed by atoms with Gasteiger partial charge in [-0.15, -0.1) is 93.9 Å². The Balaban J connectivity index is 0.000000413. The molecule has 0 atom stereocenters. The molecule has 2 fully saturated rings. The third-order valence-corrected chi connectivity index (χ3v) is 11.9. The van der Waals surface area contributed by atoms with Crippen molar-refractivity contribution in [3.8, 4) is 22.3 Å². The molecule has 2 radical (unpaired) electrons. The van der Waals surface area contributed by atoms with Crippen molar-refractivity contribution in [3.05, 3.63) is 145 Å². The first-order valence-electron chi connectivity index (χ1n) is 20.4. The van der Waals surface area contributed by atoms with Crippen molar-refractivity contribution in [2.24, 2.45) is 11.8 Å². The summed E-state index contributed by atoms with van der Waals surface area (Å²) in [7, 11) is 0. The average Bonchev–Trinajstić information content (AvgIpc) is 3.84. The van der Waals surface area contributed by atoms with Crippen molar-refractivity contribution in [3.63, 3.8) is 0 Å². The molecule has 16 heteroatoms. The van der Waals surface area contributed by atoms with Gasteiger partial charge in [-0.2, -0.15) is 64.8 Å². The summed E-state index contributed by atoms with van der Waals surface area (Å²) in [5.74, 6) is 1.17. The number of benzene rings is 4. The van der Waals surface area contributed by atoms with Gasteiger partial charge in [0.1, 0.15) is 0 Å². The third kappa shape index (κ3) is 15.0. The molecule has 2 aliphatic rings. The van der Waals surface area contributed by atoms with Gasteiger partial charge in [-0.25, -0.2) is 0 Å². The number of rotatable bonds is 6. The Kier molecular flexibility index (Phi) is 21.9. The minimum absolute atomic E-state index is 0. The second-order valence-corrected chi connectivity index (χ2v) is 16.3. The summed E-state index contributed by atoms with van der Waals surface area (Å²) in [5.41, 5.74) is -2.36. The summed E-state index contributed by atoms with van der Waals surface area (Å²) in [6, 6.07) is 21.6. The van der Waals surface area contributed by atoms with Crippen molar-refractivity contribution in [2.45, 2.75) is 102 Å². The van der Waals surface area contributed by atoms with E-state index in [1.807, 2.05) is 36.4 Å². The molecule has 0 saturated heterocycles. The molecular formula is C50H50Cl2F12SiZr-4. The maximum atomic E-state index is 13.3. The summed E-state index contributed by atoms with van der Waals surface area (Å²) >= 11 is 1.36. The standard InChI is InChI=1S/2C24H21F6.2CH3.2ClH.Si.Zr/c2*25-23(26,27)19-12-18(13-20(14-19)24(28,29)30)21-8-4-7-17-10-16(11-22(17)21)9-15-5-2-1-3-6-15;;;;;;/h2*4,7-8,10-15H,1-3,5-6,9H2;2*1H3;2*1H;;/q4*-1;;;;. The van der Waals surface area contributed by atoms with Gasteiger partial charge in [-0.3, -0.25) is 0 Å². The zero-order valence-corrected chi connectivity index (χ0v) is 41.3. The molecule has 0 amide bonds. The molecule has 0 N–H and O–H groups in total. The fraction of sp³-hybridized carbons (Fsp3) is 0.360. The van der Waals surface area contributed by atoms with Crippen LogP contribution in [0, 0.1) is 26.7 Å². The Morgan fingerprint density at radius 1 is 0.439 bits per heavy atom. The molecule has 2 saturated carbocycles. The summed E-state index contributed by atoms with van der Waals surface area (Å²) in [6.07, 6.45) is -5.66. The summed E-state index contributed by atoms with van der Waals surface area (Å²) in [6.45, 7) is 3.06.